The van der Waals surface area contributed by atoms with Crippen LogP contribution in [0.3, 0.4) is 0 Å². The second-order valence-corrected chi connectivity index (χ2v) is 4.23. The third kappa shape index (κ3) is 3.22. The number of nitrogens with zero attached hydrogens (tertiary/aromatic N) is 3. The molecule has 1 aromatic heterocycles. The Labute approximate surface area is 112 Å². The molecule has 2 rings (SSSR count). The molecule has 0 saturated carbocycles. The van der Waals surface area contributed by atoms with Gasteiger partial charge in [0.15, 0.2) is 5.84 Å². The Bertz CT molecular complexity index is 551. The molecule has 0 aliphatic rings. The summed E-state index contributed by atoms with van der Waals surface area (Å²) in [6, 6.07) is 13.8. The zero-order valence-corrected chi connectivity index (χ0v) is 10.7. The topological polar surface area (TPSA) is 74.7 Å². The number of oxime groups is 1. The molecule has 19 heavy (non-hydrogen) atoms. The van der Waals surface area contributed by atoms with Crippen molar-refractivity contribution in [3.8, 4) is 0 Å². The fourth-order valence-corrected chi connectivity index (χ4v) is 1.76. The fraction of sp³-hybridized carbons (Fsp3) is 0.143. The number of rotatable bonds is 4. The Hall–Kier alpha value is -2.56. The molecule has 0 spiro atoms. The molecular formula is C14H16N4O. The van der Waals surface area contributed by atoms with Crippen molar-refractivity contribution in [1.82, 2.24) is 4.98 Å². The van der Waals surface area contributed by atoms with Gasteiger partial charge in [-0.05, 0) is 17.7 Å². The van der Waals surface area contributed by atoms with Crippen molar-refractivity contribution < 1.29 is 5.21 Å². The van der Waals surface area contributed by atoms with Crippen LogP contribution in [0.5, 0.6) is 0 Å². The van der Waals surface area contributed by atoms with Crippen LogP contribution in [0.15, 0.2) is 53.8 Å². The van der Waals surface area contributed by atoms with Gasteiger partial charge < -0.3 is 15.8 Å². The van der Waals surface area contributed by atoms with E-state index >= 15 is 0 Å². The van der Waals surface area contributed by atoms with Crippen LogP contribution in [0.4, 0.5) is 5.82 Å². The molecule has 3 N–H and O–H groups in total. The van der Waals surface area contributed by atoms with Crippen LogP contribution < -0.4 is 10.6 Å². The molecule has 5 heteroatoms. The highest BCUT2D eigenvalue weighted by Gasteiger charge is 2.05. The van der Waals surface area contributed by atoms with Gasteiger partial charge in [0, 0.05) is 25.4 Å². The maximum absolute atomic E-state index is 8.59. The summed E-state index contributed by atoms with van der Waals surface area (Å²) in [5.41, 5.74) is 7.30. The van der Waals surface area contributed by atoms with E-state index in [4.69, 9.17) is 10.9 Å². The van der Waals surface area contributed by atoms with Gasteiger partial charge in [-0.1, -0.05) is 35.5 Å². The first-order valence-corrected chi connectivity index (χ1v) is 5.89. The normalized spacial score (nSPS) is 11.3. The number of nitrogens with two attached hydrogens (primary N) is 1. The van der Waals surface area contributed by atoms with Gasteiger partial charge in [0.2, 0.25) is 0 Å². The lowest BCUT2D eigenvalue weighted by Gasteiger charge is -2.18. The van der Waals surface area contributed by atoms with Crippen LogP contribution in [-0.2, 0) is 6.54 Å². The number of hydrogen-bond acceptors (Lipinski definition) is 4. The van der Waals surface area contributed by atoms with E-state index in [2.05, 4.69) is 22.3 Å². The molecule has 5 nitrogen and oxygen atoms in total. The van der Waals surface area contributed by atoms with Crippen LogP contribution >= 0.6 is 0 Å². The predicted octanol–water partition coefficient (Wildman–Crippen LogP) is 1.81. The van der Waals surface area contributed by atoms with Crippen molar-refractivity contribution in [2.24, 2.45) is 10.9 Å². The average molecular weight is 256 g/mol. The Balaban J connectivity index is 2.10. The second kappa shape index (κ2) is 5.86. The molecule has 0 unspecified atom stereocenters. The number of amidine groups is 1. The summed E-state index contributed by atoms with van der Waals surface area (Å²) in [4.78, 5) is 6.33. The van der Waals surface area contributed by atoms with Crippen molar-refractivity contribution in [3.05, 3.63) is 59.8 Å². The molecule has 98 valence electrons. The zero-order valence-electron chi connectivity index (χ0n) is 10.7. The second-order valence-electron chi connectivity index (χ2n) is 4.23. The highest BCUT2D eigenvalue weighted by molar-refractivity contribution is 5.96. The first-order valence-electron chi connectivity index (χ1n) is 5.89. The minimum atomic E-state index is 0.0600. The van der Waals surface area contributed by atoms with Crippen molar-refractivity contribution in [2.75, 3.05) is 11.9 Å². The Kier molecular flexibility index (Phi) is 3.97. The SMILES string of the molecule is CN(Cc1ccccc1)c1ccc(/C(N)=N/O)cn1. The largest absolute Gasteiger partial charge is 0.409 e. The van der Waals surface area contributed by atoms with Gasteiger partial charge >= 0.3 is 0 Å². The van der Waals surface area contributed by atoms with E-state index in [9.17, 15) is 0 Å². The van der Waals surface area contributed by atoms with Crippen LogP contribution in [0, 0.1) is 0 Å². The van der Waals surface area contributed by atoms with E-state index in [0.29, 0.717) is 5.56 Å². The number of anilines is 1. The smallest absolute Gasteiger partial charge is 0.171 e. The van der Waals surface area contributed by atoms with E-state index in [-0.39, 0.29) is 5.84 Å². The summed E-state index contributed by atoms with van der Waals surface area (Å²) in [7, 11) is 1.97. The van der Waals surface area contributed by atoms with E-state index in [0.717, 1.165) is 12.4 Å². The summed E-state index contributed by atoms with van der Waals surface area (Å²) >= 11 is 0. The van der Waals surface area contributed by atoms with Crippen LogP contribution in [-0.4, -0.2) is 23.1 Å². The maximum Gasteiger partial charge on any atom is 0.171 e. The molecule has 0 atom stereocenters. The van der Waals surface area contributed by atoms with Gasteiger partial charge in [0.05, 0.1) is 0 Å². The number of aromatic nitrogens is 1. The highest BCUT2D eigenvalue weighted by Crippen LogP contribution is 2.13. The van der Waals surface area contributed by atoms with E-state index in [1.807, 2.05) is 36.2 Å². The molecule has 0 amide bonds. The molecule has 0 aliphatic heterocycles. The molecule has 0 bridgehead atoms. The fourth-order valence-electron chi connectivity index (χ4n) is 1.76. The quantitative estimate of drug-likeness (QED) is 0.378. The van der Waals surface area contributed by atoms with Gasteiger partial charge in [-0.2, -0.15) is 0 Å². The highest BCUT2D eigenvalue weighted by atomic mass is 16.4. The van der Waals surface area contributed by atoms with Gasteiger partial charge in [0.1, 0.15) is 5.82 Å². The number of pyridine rings is 1. The predicted molar refractivity (Wildman–Crippen MR) is 75.3 cm³/mol. The van der Waals surface area contributed by atoms with Gasteiger partial charge in [-0.3, -0.25) is 0 Å². The van der Waals surface area contributed by atoms with Crippen molar-refractivity contribution in [1.29, 1.82) is 0 Å². The Morgan fingerprint density at radius 2 is 2.00 bits per heavy atom. The van der Waals surface area contributed by atoms with Gasteiger partial charge in [-0.15, -0.1) is 0 Å². The molecule has 1 aromatic carbocycles. The minimum absolute atomic E-state index is 0.0600. The molecule has 0 radical (unpaired) electrons. The molecule has 0 fully saturated rings. The third-order valence-corrected chi connectivity index (χ3v) is 2.81. The zero-order chi connectivity index (χ0) is 13.7. The van der Waals surface area contributed by atoms with Crippen LogP contribution in [0.2, 0.25) is 0 Å². The number of benzene rings is 1. The standard InChI is InChI=1S/C14H16N4O/c1-18(10-11-5-3-2-4-6-11)13-8-7-12(9-16-13)14(15)17-19/h2-9,19H,10H2,1H3,(H2,15,17). The molecular weight excluding hydrogens is 240 g/mol. The van der Waals surface area contributed by atoms with Crippen LogP contribution in [0.25, 0.3) is 0 Å². The van der Waals surface area contributed by atoms with Crippen molar-refractivity contribution >= 4 is 11.7 Å². The Morgan fingerprint density at radius 3 is 2.58 bits per heavy atom. The van der Waals surface area contributed by atoms with Crippen molar-refractivity contribution in [2.45, 2.75) is 6.54 Å². The van der Waals surface area contributed by atoms with E-state index in [1.165, 1.54) is 5.56 Å². The first-order chi connectivity index (χ1) is 9.20. The van der Waals surface area contributed by atoms with Crippen molar-refractivity contribution in [3.63, 3.8) is 0 Å². The van der Waals surface area contributed by atoms with Gasteiger partial charge in [-0.25, -0.2) is 4.98 Å². The molecule has 1 heterocycles. The van der Waals surface area contributed by atoms with E-state index < -0.39 is 0 Å². The lowest BCUT2D eigenvalue weighted by Crippen LogP contribution is -2.18. The lowest BCUT2D eigenvalue weighted by atomic mass is 10.2. The molecule has 0 saturated heterocycles. The average Bonchev–Trinajstić information content (AvgIpc) is 2.47. The van der Waals surface area contributed by atoms with Crippen LogP contribution in [0.1, 0.15) is 11.1 Å². The summed E-state index contributed by atoms with van der Waals surface area (Å²) in [6.45, 7) is 0.775. The third-order valence-electron chi connectivity index (χ3n) is 2.81. The molecule has 0 aliphatic carbocycles. The summed E-state index contributed by atoms with van der Waals surface area (Å²) in [5.74, 6) is 0.892. The summed E-state index contributed by atoms with van der Waals surface area (Å²) in [5, 5.41) is 11.5. The minimum Gasteiger partial charge on any atom is -0.409 e. The Morgan fingerprint density at radius 1 is 1.26 bits per heavy atom. The number of hydrogen-bond donors (Lipinski definition) is 2. The summed E-state index contributed by atoms with van der Waals surface area (Å²) in [6.07, 6.45) is 1.59. The lowest BCUT2D eigenvalue weighted by molar-refractivity contribution is 0.318. The summed E-state index contributed by atoms with van der Waals surface area (Å²) < 4.78 is 0. The van der Waals surface area contributed by atoms with Gasteiger partial charge in [0.25, 0.3) is 0 Å². The van der Waals surface area contributed by atoms with E-state index in [1.54, 1.807) is 12.3 Å². The monoisotopic (exact) mass is 256 g/mol. The maximum atomic E-state index is 8.59. The molecule has 2 aromatic rings. The first kappa shape index (κ1) is 12.9.